The van der Waals surface area contributed by atoms with Gasteiger partial charge in [-0.05, 0) is 18.6 Å². The third-order valence-corrected chi connectivity index (χ3v) is 2.52. The number of ether oxygens (including phenoxy) is 1. The van der Waals surface area contributed by atoms with Gasteiger partial charge in [0.05, 0.1) is 18.2 Å². The van der Waals surface area contributed by atoms with E-state index < -0.39 is 5.91 Å². The Morgan fingerprint density at radius 3 is 2.94 bits per heavy atom. The van der Waals surface area contributed by atoms with E-state index in [-0.39, 0.29) is 23.1 Å². The van der Waals surface area contributed by atoms with Gasteiger partial charge in [-0.1, -0.05) is 6.07 Å². The molecule has 5 nitrogen and oxygen atoms in total. The van der Waals surface area contributed by atoms with Crippen molar-refractivity contribution in [1.82, 2.24) is 5.32 Å². The summed E-state index contributed by atoms with van der Waals surface area (Å²) in [5.74, 6) is -1.09. The van der Waals surface area contributed by atoms with Gasteiger partial charge < -0.3 is 20.3 Å². The summed E-state index contributed by atoms with van der Waals surface area (Å²) in [6.07, 6.45) is 0.769. The van der Waals surface area contributed by atoms with Gasteiger partial charge in [0, 0.05) is 6.61 Å². The minimum Gasteiger partial charge on any atom is -0.504 e. The predicted molar refractivity (Wildman–Crippen MR) is 56.5 cm³/mol. The number of phenols is 2. The summed E-state index contributed by atoms with van der Waals surface area (Å²) >= 11 is 0. The van der Waals surface area contributed by atoms with Gasteiger partial charge in [-0.2, -0.15) is 0 Å². The molecule has 0 saturated carbocycles. The zero-order valence-corrected chi connectivity index (χ0v) is 8.64. The molecule has 1 heterocycles. The molecule has 1 atom stereocenters. The topological polar surface area (TPSA) is 78.8 Å². The van der Waals surface area contributed by atoms with Crippen LogP contribution in [0.25, 0.3) is 0 Å². The lowest BCUT2D eigenvalue weighted by molar-refractivity contribution is 0.0926. The standard InChI is InChI=1S/C11H13NO4/c13-9-3-1-2-8(10(9)14)11(15)12-7-4-5-16-6-7/h1-3,7,13-14H,4-6H2,(H,12,15). The number of phenolic OH excluding ortho intramolecular Hbond substituents is 2. The van der Waals surface area contributed by atoms with E-state index in [0.29, 0.717) is 13.2 Å². The SMILES string of the molecule is O=C(NC1CCOC1)c1cccc(O)c1O. The summed E-state index contributed by atoms with van der Waals surface area (Å²) in [6.45, 7) is 1.13. The fraction of sp³-hybridized carbons (Fsp3) is 0.364. The van der Waals surface area contributed by atoms with E-state index in [0.717, 1.165) is 6.42 Å². The molecule has 0 spiro atoms. The lowest BCUT2D eigenvalue weighted by atomic mass is 10.1. The summed E-state index contributed by atoms with van der Waals surface area (Å²) in [5, 5.41) is 21.5. The average Bonchev–Trinajstić information content (AvgIpc) is 2.74. The highest BCUT2D eigenvalue weighted by molar-refractivity contribution is 5.97. The first-order valence-corrected chi connectivity index (χ1v) is 5.08. The smallest absolute Gasteiger partial charge is 0.255 e. The Kier molecular flexibility index (Phi) is 2.96. The molecule has 1 amide bonds. The molecule has 0 radical (unpaired) electrons. The number of carbonyl (C=O) groups excluding carboxylic acids is 1. The van der Waals surface area contributed by atoms with Crippen LogP contribution in [0.4, 0.5) is 0 Å². The summed E-state index contributed by atoms with van der Waals surface area (Å²) in [5.41, 5.74) is 0.0758. The number of rotatable bonds is 2. The molecule has 16 heavy (non-hydrogen) atoms. The van der Waals surface area contributed by atoms with Crippen LogP contribution in [0.5, 0.6) is 11.5 Å². The van der Waals surface area contributed by atoms with E-state index >= 15 is 0 Å². The Morgan fingerprint density at radius 2 is 2.25 bits per heavy atom. The first-order valence-electron chi connectivity index (χ1n) is 5.08. The number of aromatic hydroxyl groups is 2. The van der Waals surface area contributed by atoms with Crippen molar-refractivity contribution in [1.29, 1.82) is 0 Å². The Bertz CT molecular complexity index is 399. The van der Waals surface area contributed by atoms with Crippen LogP contribution in [0, 0.1) is 0 Å². The van der Waals surface area contributed by atoms with Gasteiger partial charge in [-0.15, -0.1) is 0 Å². The molecule has 0 aliphatic carbocycles. The van der Waals surface area contributed by atoms with Gasteiger partial charge in [0.1, 0.15) is 0 Å². The van der Waals surface area contributed by atoms with Crippen LogP contribution >= 0.6 is 0 Å². The van der Waals surface area contributed by atoms with Crippen molar-refractivity contribution in [2.45, 2.75) is 12.5 Å². The number of para-hydroxylation sites is 1. The predicted octanol–water partition coefficient (Wildman–Crippen LogP) is 0.616. The summed E-state index contributed by atoms with van der Waals surface area (Å²) < 4.78 is 5.12. The molecular weight excluding hydrogens is 210 g/mol. The Labute approximate surface area is 92.7 Å². The van der Waals surface area contributed by atoms with E-state index in [4.69, 9.17) is 4.74 Å². The van der Waals surface area contributed by atoms with Gasteiger partial charge in [-0.3, -0.25) is 4.79 Å². The molecule has 0 bridgehead atoms. The molecule has 1 aliphatic rings. The summed E-state index contributed by atoms with van der Waals surface area (Å²) in [6, 6.07) is 4.27. The number of nitrogens with one attached hydrogen (secondary N) is 1. The second-order valence-electron chi connectivity index (χ2n) is 3.71. The van der Waals surface area contributed by atoms with Crippen LogP contribution in [-0.4, -0.2) is 35.4 Å². The summed E-state index contributed by atoms with van der Waals surface area (Å²) in [4.78, 5) is 11.7. The van der Waals surface area contributed by atoms with E-state index in [1.54, 1.807) is 0 Å². The molecule has 5 heteroatoms. The first-order chi connectivity index (χ1) is 7.68. The molecular formula is C11H13NO4. The van der Waals surface area contributed by atoms with Crippen LogP contribution in [0.3, 0.4) is 0 Å². The van der Waals surface area contributed by atoms with Gasteiger partial charge >= 0.3 is 0 Å². The van der Waals surface area contributed by atoms with Crippen LogP contribution in [0.2, 0.25) is 0 Å². The van der Waals surface area contributed by atoms with E-state index in [2.05, 4.69) is 5.32 Å². The Balaban J connectivity index is 2.11. The number of amides is 1. The molecule has 1 aromatic carbocycles. The van der Waals surface area contributed by atoms with Crippen LogP contribution in [0.1, 0.15) is 16.8 Å². The summed E-state index contributed by atoms with van der Waals surface area (Å²) in [7, 11) is 0. The van der Waals surface area contributed by atoms with Crippen molar-refractivity contribution >= 4 is 5.91 Å². The molecule has 3 N–H and O–H groups in total. The minimum atomic E-state index is -0.399. The first kappa shape index (κ1) is 10.8. The lowest BCUT2D eigenvalue weighted by Gasteiger charge is -2.11. The molecule has 0 aromatic heterocycles. The van der Waals surface area contributed by atoms with Gasteiger partial charge in [0.25, 0.3) is 5.91 Å². The average molecular weight is 223 g/mol. The Hall–Kier alpha value is -1.75. The monoisotopic (exact) mass is 223 g/mol. The maximum Gasteiger partial charge on any atom is 0.255 e. The number of benzene rings is 1. The number of carbonyl (C=O) groups is 1. The zero-order valence-electron chi connectivity index (χ0n) is 8.64. The quantitative estimate of drug-likeness (QED) is 0.642. The molecule has 1 aromatic rings. The van der Waals surface area contributed by atoms with Crippen molar-refractivity contribution in [2.24, 2.45) is 0 Å². The normalized spacial score (nSPS) is 19.6. The fourth-order valence-corrected chi connectivity index (χ4v) is 1.63. The van der Waals surface area contributed by atoms with Crippen LogP contribution in [-0.2, 0) is 4.74 Å². The maximum absolute atomic E-state index is 11.7. The van der Waals surface area contributed by atoms with Crippen LogP contribution in [0.15, 0.2) is 18.2 Å². The molecule has 1 aliphatic heterocycles. The molecule has 86 valence electrons. The molecule has 2 rings (SSSR count). The Morgan fingerprint density at radius 1 is 1.44 bits per heavy atom. The van der Waals surface area contributed by atoms with Crippen molar-refractivity contribution < 1.29 is 19.7 Å². The van der Waals surface area contributed by atoms with Gasteiger partial charge in [0.2, 0.25) is 0 Å². The van der Waals surface area contributed by atoms with Crippen molar-refractivity contribution in [3.63, 3.8) is 0 Å². The highest BCUT2D eigenvalue weighted by Crippen LogP contribution is 2.28. The van der Waals surface area contributed by atoms with E-state index in [1.165, 1.54) is 18.2 Å². The van der Waals surface area contributed by atoms with Crippen molar-refractivity contribution in [3.8, 4) is 11.5 Å². The molecule has 1 unspecified atom stereocenters. The molecule has 1 saturated heterocycles. The van der Waals surface area contributed by atoms with Crippen LogP contribution < -0.4 is 5.32 Å². The van der Waals surface area contributed by atoms with Crippen molar-refractivity contribution in [3.05, 3.63) is 23.8 Å². The molecule has 1 fully saturated rings. The van der Waals surface area contributed by atoms with Gasteiger partial charge in [0.15, 0.2) is 11.5 Å². The minimum absolute atomic E-state index is 0.0192. The van der Waals surface area contributed by atoms with E-state index in [9.17, 15) is 15.0 Å². The highest BCUT2D eigenvalue weighted by Gasteiger charge is 2.20. The number of hydrogen-bond donors (Lipinski definition) is 3. The maximum atomic E-state index is 11.7. The fourth-order valence-electron chi connectivity index (χ4n) is 1.63. The highest BCUT2D eigenvalue weighted by atomic mass is 16.5. The third kappa shape index (κ3) is 2.09. The zero-order chi connectivity index (χ0) is 11.5. The third-order valence-electron chi connectivity index (χ3n) is 2.52. The second kappa shape index (κ2) is 4.40. The van der Waals surface area contributed by atoms with E-state index in [1.807, 2.05) is 0 Å². The number of hydrogen-bond acceptors (Lipinski definition) is 4. The lowest BCUT2D eigenvalue weighted by Crippen LogP contribution is -2.35. The van der Waals surface area contributed by atoms with Gasteiger partial charge in [-0.25, -0.2) is 0 Å². The largest absolute Gasteiger partial charge is 0.504 e. The second-order valence-corrected chi connectivity index (χ2v) is 3.71. The van der Waals surface area contributed by atoms with Crippen molar-refractivity contribution in [2.75, 3.05) is 13.2 Å².